The van der Waals surface area contributed by atoms with Gasteiger partial charge in [-0.2, -0.15) is 0 Å². The van der Waals surface area contributed by atoms with Crippen LogP contribution in [0.3, 0.4) is 0 Å². The summed E-state index contributed by atoms with van der Waals surface area (Å²) in [6.45, 7) is 3.87. The Morgan fingerprint density at radius 2 is 1.52 bits per heavy atom. The lowest BCUT2D eigenvalue weighted by atomic mass is 10.0. The molecule has 7 nitrogen and oxygen atoms in total. The summed E-state index contributed by atoms with van der Waals surface area (Å²) in [6, 6.07) is 22.7. The monoisotopic (exact) mass is 567 g/mol. The average Bonchev–Trinajstić information content (AvgIpc) is 2.96. The van der Waals surface area contributed by atoms with Crippen molar-refractivity contribution < 1.29 is 22.4 Å². The van der Waals surface area contributed by atoms with Crippen LogP contribution in [0.15, 0.2) is 89.8 Å². The molecule has 0 radical (unpaired) electrons. The van der Waals surface area contributed by atoms with Crippen LogP contribution in [0.25, 0.3) is 0 Å². The molecule has 1 N–H and O–H groups in total. The summed E-state index contributed by atoms with van der Waals surface area (Å²) in [7, 11) is -2.23. The van der Waals surface area contributed by atoms with Crippen molar-refractivity contribution in [2.45, 2.75) is 63.1 Å². The van der Waals surface area contributed by atoms with Gasteiger partial charge in [0.25, 0.3) is 0 Å². The number of nitrogens with zero attached hydrogens (tertiary/aromatic N) is 2. The zero-order chi connectivity index (χ0) is 29.1. The molecular weight excluding hydrogens is 529 g/mol. The Morgan fingerprint density at radius 3 is 2.15 bits per heavy atom. The van der Waals surface area contributed by atoms with Crippen molar-refractivity contribution in [3.05, 3.63) is 102 Å². The van der Waals surface area contributed by atoms with Gasteiger partial charge in [0.05, 0.1) is 4.90 Å². The number of carbonyl (C=O) groups excluding carboxylic acids is 2. The highest BCUT2D eigenvalue weighted by Gasteiger charge is 2.31. The normalized spacial score (nSPS) is 13.0. The third kappa shape index (κ3) is 8.47. The zero-order valence-electron chi connectivity index (χ0n) is 23.3. The Kier molecular flexibility index (Phi) is 11.4. The number of nitrogens with one attached hydrogen (secondary N) is 1. The van der Waals surface area contributed by atoms with Crippen LogP contribution in [-0.2, 0) is 32.6 Å². The second kappa shape index (κ2) is 14.7. The molecule has 9 heteroatoms. The topological polar surface area (TPSA) is 86.8 Å². The van der Waals surface area contributed by atoms with E-state index in [9.17, 15) is 22.4 Å². The maximum absolute atomic E-state index is 14.7. The molecule has 0 spiro atoms. The van der Waals surface area contributed by atoms with E-state index in [2.05, 4.69) is 5.32 Å². The molecule has 0 saturated carbocycles. The quantitative estimate of drug-likeness (QED) is 0.304. The fourth-order valence-electron chi connectivity index (χ4n) is 4.29. The molecular formula is C31H38FN3O4S. The van der Waals surface area contributed by atoms with Gasteiger partial charge in [0.1, 0.15) is 11.9 Å². The van der Waals surface area contributed by atoms with Crippen molar-refractivity contribution in [2.75, 3.05) is 13.6 Å². The van der Waals surface area contributed by atoms with Gasteiger partial charge in [-0.15, -0.1) is 0 Å². The Morgan fingerprint density at radius 1 is 0.925 bits per heavy atom. The Labute approximate surface area is 237 Å². The van der Waals surface area contributed by atoms with E-state index in [0.717, 1.165) is 5.56 Å². The van der Waals surface area contributed by atoms with Gasteiger partial charge in [-0.3, -0.25) is 9.59 Å². The van der Waals surface area contributed by atoms with Gasteiger partial charge in [0, 0.05) is 44.6 Å². The molecule has 0 unspecified atom stereocenters. The highest BCUT2D eigenvalue weighted by Crippen LogP contribution is 2.19. The number of sulfonamides is 1. The molecule has 40 heavy (non-hydrogen) atoms. The minimum Gasteiger partial charge on any atom is -0.352 e. The Balaban J connectivity index is 1.84. The van der Waals surface area contributed by atoms with E-state index >= 15 is 0 Å². The zero-order valence-corrected chi connectivity index (χ0v) is 24.1. The molecule has 3 rings (SSSR count). The van der Waals surface area contributed by atoms with Crippen LogP contribution < -0.4 is 5.32 Å². The standard InChI is InChI=1S/C31H38FN3O4S/c1-4-24(2)33-31(37)29(22-25-14-7-5-8-15-25)35(23-26-16-11-12-19-28(26)32)30(36)20-13-21-34(3)40(38,39)27-17-9-6-10-18-27/h5-12,14-19,24,29H,4,13,20-23H2,1-3H3,(H,33,37)/t24-,29-/m1/s1. The van der Waals surface area contributed by atoms with Crippen molar-refractivity contribution >= 4 is 21.8 Å². The molecule has 3 aromatic carbocycles. The molecule has 2 atom stereocenters. The molecule has 0 aliphatic carbocycles. The van der Waals surface area contributed by atoms with Crippen molar-refractivity contribution in [1.29, 1.82) is 0 Å². The number of rotatable bonds is 14. The fourth-order valence-corrected chi connectivity index (χ4v) is 5.52. The summed E-state index contributed by atoms with van der Waals surface area (Å²) in [4.78, 5) is 28.8. The van der Waals surface area contributed by atoms with Crippen molar-refractivity contribution in [3.8, 4) is 0 Å². The molecule has 3 aromatic rings. The van der Waals surface area contributed by atoms with Gasteiger partial charge >= 0.3 is 0 Å². The van der Waals surface area contributed by atoms with Gasteiger partial charge in [-0.05, 0) is 43.5 Å². The maximum atomic E-state index is 14.7. The third-order valence-corrected chi connectivity index (χ3v) is 8.76. The molecule has 2 amide bonds. The molecule has 0 saturated heterocycles. The van der Waals surface area contributed by atoms with Crippen LogP contribution in [0.4, 0.5) is 4.39 Å². The van der Waals surface area contributed by atoms with E-state index in [1.54, 1.807) is 36.4 Å². The first-order valence-electron chi connectivity index (χ1n) is 13.5. The molecule has 0 bridgehead atoms. The van der Waals surface area contributed by atoms with E-state index in [4.69, 9.17) is 0 Å². The Bertz CT molecular complexity index is 1350. The lowest BCUT2D eigenvalue weighted by Crippen LogP contribution is -2.52. The first-order valence-corrected chi connectivity index (χ1v) is 15.0. The van der Waals surface area contributed by atoms with Crippen molar-refractivity contribution in [3.63, 3.8) is 0 Å². The van der Waals surface area contributed by atoms with Crippen molar-refractivity contribution in [2.24, 2.45) is 0 Å². The summed E-state index contributed by atoms with van der Waals surface area (Å²) in [5.74, 6) is -1.13. The van der Waals surface area contributed by atoms with E-state index in [0.29, 0.717) is 12.0 Å². The number of hydrogen-bond donors (Lipinski definition) is 1. The first kappa shape index (κ1) is 31.0. The summed E-state index contributed by atoms with van der Waals surface area (Å²) in [5.41, 5.74) is 1.17. The maximum Gasteiger partial charge on any atom is 0.243 e. The van der Waals surface area contributed by atoms with Crippen LogP contribution in [0.2, 0.25) is 0 Å². The van der Waals surface area contributed by atoms with Gasteiger partial charge in [-0.1, -0.05) is 73.7 Å². The molecule has 0 aromatic heterocycles. The fraction of sp³-hybridized carbons (Fsp3) is 0.355. The van der Waals surface area contributed by atoms with E-state index in [1.165, 1.54) is 34.5 Å². The minimum atomic E-state index is -3.70. The SMILES string of the molecule is CC[C@@H](C)NC(=O)[C@@H](Cc1ccccc1)N(Cc1ccccc1F)C(=O)CCCN(C)S(=O)(=O)c1ccccc1. The largest absolute Gasteiger partial charge is 0.352 e. The van der Waals surface area contributed by atoms with E-state index < -0.39 is 21.9 Å². The van der Waals surface area contributed by atoms with E-state index in [1.807, 2.05) is 44.2 Å². The lowest BCUT2D eigenvalue weighted by molar-refractivity contribution is -0.141. The van der Waals surface area contributed by atoms with Crippen LogP contribution in [-0.4, -0.2) is 55.1 Å². The van der Waals surface area contributed by atoms with Crippen molar-refractivity contribution in [1.82, 2.24) is 14.5 Å². The van der Waals surface area contributed by atoms with Crippen LogP contribution in [0.5, 0.6) is 0 Å². The van der Waals surface area contributed by atoms with Gasteiger partial charge in [0.15, 0.2) is 0 Å². The second-order valence-corrected chi connectivity index (χ2v) is 11.9. The third-order valence-electron chi connectivity index (χ3n) is 6.89. The lowest BCUT2D eigenvalue weighted by Gasteiger charge is -2.32. The van der Waals surface area contributed by atoms with Gasteiger partial charge in [0.2, 0.25) is 21.8 Å². The molecule has 0 aliphatic rings. The van der Waals surface area contributed by atoms with Gasteiger partial charge < -0.3 is 10.2 Å². The summed E-state index contributed by atoms with van der Waals surface area (Å²) >= 11 is 0. The van der Waals surface area contributed by atoms with E-state index in [-0.39, 0.29) is 55.1 Å². The molecule has 0 fully saturated rings. The number of amides is 2. The highest BCUT2D eigenvalue weighted by atomic mass is 32.2. The first-order chi connectivity index (χ1) is 19.1. The average molecular weight is 568 g/mol. The summed E-state index contributed by atoms with van der Waals surface area (Å²) in [6.07, 6.45) is 1.20. The molecule has 0 heterocycles. The van der Waals surface area contributed by atoms with Crippen LogP contribution >= 0.6 is 0 Å². The number of halogens is 1. The van der Waals surface area contributed by atoms with Crippen LogP contribution in [0.1, 0.15) is 44.2 Å². The number of carbonyl (C=O) groups is 2. The smallest absolute Gasteiger partial charge is 0.243 e. The number of hydrogen-bond acceptors (Lipinski definition) is 4. The summed E-state index contributed by atoms with van der Waals surface area (Å²) < 4.78 is 41.7. The predicted octanol–water partition coefficient (Wildman–Crippen LogP) is 4.78. The Hall–Kier alpha value is -3.56. The highest BCUT2D eigenvalue weighted by molar-refractivity contribution is 7.89. The van der Waals surface area contributed by atoms with Gasteiger partial charge in [-0.25, -0.2) is 17.1 Å². The molecule has 0 aliphatic heterocycles. The number of benzene rings is 3. The minimum absolute atomic E-state index is 0.00893. The van der Waals surface area contributed by atoms with Crippen LogP contribution in [0, 0.1) is 5.82 Å². The second-order valence-electron chi connectivity index (χ2n) is 9.88. The predicted molar refractivity (Wildman–Crippen MR) is 154 cm³/mol. The summed E-state index contributed by atoms with van der Waals surface area (Å²) in [5, 5.41) is 2.98. The molecule has 214 valence electrons.